The molecule has 0 aliphatic carbocycles. The van der Waals surface area contributed by atoms with Gasteiger partial charge in [-0.25, -0.2) is 0 Å². The Morgan fingerprint density at radius 3 is 1.17 bits per heavy atom. The van der Waals surface area contributed by atoms with Crippen LogP contribution in [0.2, 0.25) is 0 Å². The lowest BCUT2D eigenvalue weighted by Gasteiger charge is -2.51. The molecule has 124 heavy (non-hydrogen) atoms. The fourth-order valence-electron chi connectivity index (χ4n) is 18.4. The van der Waals surface area contributed by atoms with Crippen molar-refractivity contribution < 1.29 is 126 Å². The van der Waals surface area contributed by atoms with Gasteiger partial charge in [0.1, 0.15) is 86.0 Å². The van der Waals surface area contributed by atoms with Crippen molar-refractivity contribution in [3.05, 3.63) is 0 Å². The van der Waals surface area contributed by atoms with Gasteiger partial charge in [0.25, 0.3) is 0 Å². The molecule has 26 atom stereocenters. The van der Waals surface area contributed by atoms with E-state index in [2.05, 4.69) is 27.7 Å². The van der Waals surface area contributed by atoms with Crippen LogP contribution in [0.3, 0.4) is 0 Å². The van der Waals surface area contributed by atoms with Crippen LogP contribution in [0.1, 0.15) is 434 Å². The summed E-state index contributed by atoms with van der Waals surface area (Å²) in [7, 11) is 0. The molecule has 6 aliphatic rings. The summed E-state index contributed by atoms with van der Waals surface area (Å²) in [6.07, 6.45) is 17.9. The van der Waals surface area contributed by atoms with Crippen molar-refractivity contribution in [1.29, 1.82) is 0 Å². The van der Waals surface area contributed by atoms with E-state index < -0.39 is 184 Å². The highest BCUT2D eigenvalue weighted by molar-refractivity contribution is 5.70. The summed E-state index contributed by atoms with van der Waals surface area (Å²) in [4.78, 5) is 56.1. The minimum atomic E-state index is -2.06. The number of ether oxygens (including phenoxy) is 14. The van der Waals surface area contributed by atoms with Gasteiger partial charge in [-0.2, -0.15) is 0 Å². The zero-order valence-corrected chi connectivity index (χ0v) is 78.4. The van der Waals surface area contributed by atoms with E-state index in [9.17, 15) is 60.0 Å². The molecule has 0 saturated carbocycles. The van der Waals surface area contributed by atoms with Crippen molar-refractivity contribution in [2.75, 3.05) is 6.61 Å². The normalized spacial score (nSPS) is 32.5. The minimum absolute atomic E-state index is 0.0429. The van der Waals surface area contributed by atoms with E-state index in [-0.39, 0.29) is 31.8 Å². The molecule has 6 saturated heterocycles. The summed E-state index contributed by atoms with van der Waals surface area (Å²) in [6, 6.07) is 0. The summed E-state index contributed by atoms with van der Waals surface area (Å²) in [5.74, 6) is -2.63. The summed E-state index contributed by atoms with van der Waals surface area (Å²) < 4.78 is 90.6. The lowest BCUT2D eigenvalue weighted by atomic mass is 9.95. The molecular formula is C98H178O26. The van der Waals surface area contributed by atoms with E-state index in [1.807, 2.05) is 0 Å². The molecule has 6 aliphatic heterocycles. The zero-order chi connectivity index (χ0) is 89.6. The molecular weight excluding hydrogens is 1590 g/mol. The lowest BCUT2D eigenvalue weighted by Crippen LogP contribution is -2.68. The number of unbranched alkanes of at least 4 members (excludes halogenated alkanes) is 42. The topological polar surface area (TPSA) is 359 Å². The van der Waals surface area contributed by atoms with Crippen molar-refractivity contribution in [3.8, 4) is 0 Å². The number of aliphatic hydroxyl groups is 8. The molecule has 0 bridgehead atoms. The predicted molar refractivity (Wildman–Crippen MR) is 474 cm³/mol. The number of esters is 4. The first-order valence-corrected chi connectivity index (χ1v) is 50.9. The summed E-state index contributed by atoms with van der Waals surface area (Å²) in [5.41, 5.74) is 0. The van der Waals surface area contributed by atoms with Gasteiger partial charge >= 0.3 is 23.9 Å². The third-order valence-electron chi connectivity index (χ3n) is 26.4. The number of hydrogen-bond donors (Lipinski definition) is 8. The predicted octanol–water partition coefficient (Wildman–Crippen LogP) is 17.9. The van der Waals surface area contributed by atoms with Gasteiger partial charge in [-0.05, 0) is 66.2 Å². The van der Waals surface area contributed by atoms with Crippen LogP contribution in [-0.2, 0) is 85.5 Å². The SMILES string of the molecule is CCCCCCCCCCCCCCCCCCCC(=O)OCC1OC(OC2C(OC3OC(C)C(OC(=O)CCCCCCCCCCCCCCC)C(O)C3O)C(C)OC(OC3C(C)OC4OC5C(OC(CCCCC)CCCCCCCCCC(=O)OC4C3O)OC(C)C(O)C5O)C2OC(=O)CCCCCCCCCCCCCCC)C(O)C(O)C1O. The Kier molecular flexibility index (Phi) is 58.2. The Labute approximate surface area is 747 Å². The molecule has 0 radical (unpaired) electrons. The molecule has 6 rings (SSSR count). The fourth-order valence-corrected chi connectivity index (χ4v) is 18.4. The van der Waals surface area contributed by atoms with Crippen LogP contribution < -0.4 is 0 Å². The van der Waals surface area contributed by atoms with Crippen LogP contribution in [0, 0.1) is 0 Å². The third kappa shape index (κ3) is 41.5. The monoisotopic (exact) mass is 1770 g/mol. The standard InChI is InChI=1S/C98H178O26/c1-9-13-17-20-23-26-29-32-33-34-35-38-39-42-47-52-58-64-75(99)111-68-74-80(104)81(105)84(108)95(117-74)124-92-89(122-94-85(109)83(107)87(70(6)113-94)118-76(100)65-59-53-48-43-40-36-30-27-24-21-18-14-10-2)72(8)115-98(93(92)120-78(102)67-61-54-49-44-41-37-31-28-25-22-19-15-11-3)121-88-71(7)114-97-91(86(88)110)119-77(101)66-60-55-50-45-46-51-57-63-73(62-56-16-12-4)116-96-90(123-97)82(106)79(103)69(5)112-96/h69-74,79-98,103-110H,9-68H2,1-8H3. The molecule has 0 aromatic rings. The Bertz CT molecular complexity index is 2700. The largest absolute Gasteiger partial charge is 0.463 e. The fraction of sp³-hybridized carbons (Fsp3) is 0.959. The number of hydrogen-bond acceptors (Lipinski definition) is 26. The second kappa shape index (κ2) is 65.7. The van der Waals surface area contributed by atoms with E-state index in [0.717, 1.165) is 141 Å². The molecule has 26 unspecified atom stereocenters. The lowest BCUT2D eigenvalue weighted by molar-refractivity contribution is -0.400. The Hall–Kier alpha value is -2.84. The van der Waals surface area contributed by atoms with Crippen molar-refractivity contribution >= 4 is 23.9 Å². The average Bonchev–Trinajstić information content (AvgIpc) is 0.749. The van der Waals surface area contributed by atoms with Gasteiger partial charge in [0.05, 0.1) is 30.5 Å². The summed E-state index contributed by atoms with van der Waals surface area (Å²) in [5, 5.41) is 96.0. The van der Waals surface area contributed by atoms with E-state index in [1.165, 1.54) is 174 Å². The highest BCUT2D eigenvalue weighted by Crippen LogP contribution is 2.40. The van der Waals surface area contributed by atoms with Gasteiger partial charge < -0.3 is 107 Å². The molecule has 26 nitrogen and oxygen atoms in total. The molecule has 726 valence electrons. The maximum absolute atomic E-state index is 14.9. The van der Waals surface area contributed by atoms with E-state index in [0.29, 0.717) is 44.9 Å². The first kappa shape index (κ1) is 110. The third-order valence-corrected chi connectivity index (χ3v) is 26.4. The zero-order valence-electron chi connectivity index (χ0n) is 78.4. The van der Waals surface area contributed by atoms with Crippen LogP contribution in [0.4, 0.5) is 0 Å². The van der Waals surface area contributed by atoms with Crippen molar-refractivity contribution in [3.63, 3.8) is 0 Å². The maximum Gasteiger partial charge on any atom is 0.306 e. The van der Waals surface area contributed by atoms with Gasteiger partial charge in [0.2, 0.25) is 0 Å². The number of rotatable bonds is 60. The number of carbonyl (C=O) groups is 4. The van der Waals surface area contributed by atoms with Gasteiger partial charge in [-0.3, -0.25) is 19.2 Å². The van der Waals surface area contributed by atoms with Gasteiger partial charge in [0, 0.05) is 25.7 Å². The van der Waals surface area contributed by atoms with Crippen LogP contribution in [0.5, 0.6) is 0 Å². The van der Waals surface area contributed by atoms with Gasteiger partial charge in [-0.15, -0.1) is 0 Å². The number of carbonyl (C=O) groups excluding carboxylic acids is 4. The summed E-state index contributed by atoms with van der Waals surface area (Å²) in [6.45, 7) is 14.5. The van der Waals surface area contributed by atoms with Crippen LogP contribution in [0.15, 0.2) is 0 Å². The van der Waals surface area contributed by atoms with E-state index in [1.54, 1.807) is 20.8 Å². The van der Waals surface area contributed by atoms with E-state index in [4.69, 9.17) is 66.3 Å². The smallest absolute Gasteiger partial charge is 0.306 e. The van der Waals surface area contributed by atoms with Crippen LogP contribution >= 0.6 is 0 Å². The van der Waals surface area contributed by atoms with Crippen LogP contribution in [0.25, 0.3) is 0 Å². The highest BCUT2D eigenvalue weighted by Gasteiger charge is 2.59. The summed E-state index contributed by atoms with van der Waals surface area (Å²) >= 11 is 0. The highest BCUT2D eigenvalue weighted by atomic mass is 16.8. The Morgan fingerprint density at radius 1 is 0.306 bits per heavy atom. The second-order valence-electron chi connectivity index (χ2n) is 37.4. The Morgan fingerprint density at radius 2 is 0.677 bits per heavy atom. The minimum Gasteiger partial charge on any atom is -0.463 e. The quantitative estimate of drug-likeness (QED) is 0.0159. The van der Waals surface area contributed by atoms with E-state index >= 15 is 0 Å². The molecule has 6 fully saturated rings. The molecule has 0 spiro atoms. The Balaban J connectivity index is 1.26. The molecule has 0 amide bonds. The molecule has 0 aromatic heterocycles. The van der Waals surface area contributed by atoms with Crippen molar-refractivity contribution in [2.24, 2.45) is 0 Å². The first-order chi connectivity index (χ1) is 60.1. The molecule has 0 aromatic carbocycles. The molecule has 26 heteroatoms. The van der Waals surface area contributed by atoms with Crippen LogP contribution in [-0.4, -0.2) is 231 Å². The maximum atomic E-state index is 14.9. The van der Waals surface area contributed by atoms with Gasteiger partial charge in [0.15, 0.2) is 49.8 Å². The van der Waals surface area contributed by atoms with Crippen molar-refractivity contribution in [2.45, 2.75) is 594 Å². The van der Waals surface area contributed by atoms with Gasteiger partial charge in [-0.1, -0.05) is 342 Å². The number of aliphatic hydroxyl groups excluding tert-OH is 8. The average molecular weight is 1770 g/mol. The molecule has 6 heterocycles. The second-order valence-corrected chi connectivity index (χ2v) is 37.4. The van der Waals surface area contributed by atoms with Crippen molar-refractivity contribution in [1.82, 2.24) is 0 Å². The molecule has 8 N–H and O–H groups in total. The number of fused-ring (bicyclic) bond motifs is 2. The first-order valence-electron chi connectivity index (χ1n) is 50.9.